The number of hydrogen-bond acceptors (Lipinski definition) is 5. The van der Waals surface area contributed by atoms with E-state index in [9.17, 15) is 9.59 Å². The fraction of sp³-hybridized carbons (Fsp3) is 0.444. The number of rotatable bonds is 7. The minimum atomic E-state index is -0.323. The maximum Gasteiger partial charge on any atom is 0.322 e. The molecule has 1 aromatic heterocycles. The van der Waals surface area contributed by atoms with Crippen LogP contribution in [0.2, 0.25) is 0 Å². The van der Waals surface area contributed by atoms with Gasteiger partial charge < -0.3 is 19.9 Å². The summed E-state index contributed by atoms with van der Waals surface area (Å²) >= 11 is 0. The zero-order valence-corrected chi connectivity index (χ0v) is 15.7. The second-order valence-electron chi connectivity index (χ2n) is 6.46. The first-order valence-electron chi connectivity index (χ1n) is 8.84. The van der Waals surface area contributed by atoms with Crippen LogP contribution in [0.25, 0.3) is 0 Å². The van der Waals surface area contributed by atoms with E-state index in [0.29, 0.717) is 37.6 Å². The van der Waals surface area contributed by atoms with Crippen LogP contribution in [0.3, 0.4) is 0 Å². The number of benzene rings is 1. The molecule has 0 bridgehead atoms. The van der Waals surface area contributed by atoms with Gasteiger partial charge in [0.05, 0.1) is 12.6 Å². The third-order valence-corrected chi connectivity index (χ3v) is 4.54. The minimum absolute atomic E-state index is 0.143. The van der Waals surface area contributed by atoms with Gasteiger partial charge >= 0.3 is 6.03 Å². The van der Waals surface area contributed by atoms with E-state index >= 15 is 0 Å². The molecule has 0 spiro atoms. The predicted octanol–water partition coefficient (Wildman–Crippen LogP) is 1.25. The van der Waals surface area contributed by atoms with Crippen molar-refractivity contribution in [3.63, 3.8) is 0 Å². The van der Waals surface area contributed by atoms with E-state index in [1.807, 2.05) is 24.5 Å². The molecule has 0 unspecified atom stereocenters. The number of aromatic nitrogens is 3. The van der Waals surface area contributed by atoms with E-state index in [4.69, 9.17) is 4.74 Å². The van der Waals surface area contributed by atoms with Crippen LogP contribution in [0.1, 0.15) is 34.7 Å². The molecule has 1 atom stereocenters. The lowest BCUT2D eigenvalue weighted by molar-refractivity contribution is 0.0937. The SMILES string of the molecule is COCCn1cnnc1[C@@H](C)NC(=O)c1ccc(C)c(N2CCNC2=O)c1. The van der Waals surface area contributed by atoms with Crippen LogP contribution in [0.4, 0.5) is 10.5 Å². The highest BCUT2D eigenvalue weighted by Gasteiger charge is 2.24. The quantitative estimate of drug-likeness (QED) is 0.762. The van der Waals surface area contributed by atoms with Crippen molar-refractivity contribution in [1.29, 1.82) is 0 Å². The topological polar surface area (TPSA) is 101 Å². The van der Waals surface area contributed by atoms with Gasteiger partial charge in [0.2, 0.25) is 0 Å². The summed E-state index contributed by atoms with van der Waals surface area (Å²) in [4.78, 5) is 26.3. The second-order valence-corrected chi connectivity index (χ2v) is 6.46. The van der Waals surface area contributed by atoms with Crippen molar-refractivity contribution in [1.82, 2.24) is 25.4 Å². The number of methoxy groups -OCH3 is 1. The van der Waals surface area contributed by atoms with Crippen molar-refractivity contribution in [2.24, 2.45) is 0 Å². The van der Waals surface area contributed by atoms with Gasteiger partial charge in [0.15, 0.2) is 5.82 Å². The molecule has 1 aliphatic heterocycles. The van der Waals surface area contributed by atoms with Crippen LogP contribution in [-0.4, -0.2) is 53.5 Å². The standard InChI is InChI=1S/C18H24N6O3/c1-12-4-5-14(10-15(12)24-7-6-19-18(24)26)17(25)21-13(2)16-22-20-11-23(16)8-9-27-3/h4-5,10-11,13H,6-9H2,1-3H3,(H,19,26)(H,21,25)/t13-/m1/s1. The van der Waals surface area contributed by atoms with E-state index in [1.54, 1.807) is 30.5 Å². The van der Waals surface area contributed by atoms with E-state index in [0.717, 1.165) is 11.3 Å². The van der Waals surface area contributed by atoms with Crippen molar-refractivity contribution in [2.75, 3.05) is 31.7 Å². The van der Waals surface area contributed by atoms with Crippen molar-refractivity contribution < 1.29 is 14.3 Å². The average Bonchev–Trinajstić information content (AvgIpc) is 3.29. The third kappa shape index (κ3) is 4.08. The lowest BCUT2D eigenvalue weighted by atomic mass is 10.1. The summed E-state index contributed by atoms with van der Waals surface area (Å²) < 4.78 is 6.93. The van der Waals surface area contributed by atoms with Crippen molar-refractivity contribution in [3.05, 3.63) is 41.5 Å². The summed E-state index contributed by atoms with van der Waals surface area (Å²) in [5, 5.41) is 13.7. The van der Waals surface area contributed by atoms with Gasteiger partial charge in [0, 0.05) is 38.0 Å². The number of hydrogen-bond donors (Lipinski definition) is 2. The number of nitrogens with zero attached hydrogens (tertiary/aromatic N) is 4. The molecule has 3 rings (SSSR count). The molecule has 27 heavy (non-hydrogen) atoms. The molecule has 2 aromatic rings. The highest BCUT2D eigenvalue weighted by Crippen LogP contribution is 2.23. The Morgan fingerprint density at radius 1 is 1.44 bits per heavy atom. The smallest absolute Gasteiger partial charge is 0.322 e. The van der Waals surface area contributed by atoms with Gasteiger partial charge in [-0.25, -0.2) is 4.79 Å². The lowest BCUT2D eigenvalue weighted by Gasteiger charge is -2.19. The van der Waals surface area contributed by atoms with Gasteiger partial charge in [-0.2, -0.15) is 0 Å². The number of nitrogens with one attached hydrogen (secondary N) is 2. The van der Waals surface area contributed by atoms with Crippen LogP contribution in [-0.2, 0) is 11.3 Å². The second kappa shape index (κ2) is 8.17. The molecule has 0 aliphatic carbocycles. The first-order chi connectivity index (χ1) is 13.0. The molecule has 144 valence electrons. The maximum atomic E-state index is 12.7. The minimum Gasteiger partial charge on any atom is -0.383 e. The fourth-order valence-corrected chi connectivity index (χ4v) is 3.05. The molecule has 9 nitrogen and oxygen atoms in total. The van der Waals surface area contributed by atoms with E-state index in [-0.39, 0.29) is 18.0 Å². The van der Waals surface area contributed by atoms with Crippen LogP contribution in [0.5, 0.6) is 0 Å². The molecule has 2 heterocycles. The van der Waals surface area contributed by atoms with Crippen LogP contribution >= 0.6 is 0 Å². The number of ether oxygens (including phenoxy) is 1. The molecule has 0 saturated carbocycles. The van der Waals surface area contributed by atoms with Crippen molar-refractivity contribution in [3.8, 4) is 0 Å². The molecule has 1 fully saturated rings. The van der Waals surface area contributed by atoms with Crippen LogP contribution < -0.4 is 15.5 Å². The van der Waals surface area contributed by atoms with E-state index < -0.39 is 0 Å². The Morgan fingerprint density at radius 3 is 2.96 bits per heavy atom. The van der Waals surface area contributed by atoms with Gasteiger partial charge in [-0.3, -0.25) is 9.69 Å². The predicted molar refractivity (Wildman–Crippen MR) is 99.7 cm³/mol. The molecule has 2 N–H and O–H groups in total. The Morgan fingerprint density at radius 2 is 2.26 bits per heavy atom. The summed E-state index contributed by atoms with van der Waals surface area (Å²) in [6, 6.07) is 4.89. The molecule has 9 heteroatoms. The molecule has 1 aromatic carbocycles. The van der Waals surface area contributed by atoms with E-state index in [1.165, 1.54) is 0 Å². The van der Waals surface area contributed by atoms with Crippen LogP contribution in [0.15, 0.2) is 24.5 Å². The summed E-state index contributed by atoms with van der Waals surface area (Å²) in [5.41, 5.74) is 2.18. The average molecular weight is 372 g/mol. The lowest BCUT2D eigenvalue weighted by Crippen LogP contribution is -2.30. The van der Waals surface area contributed by atoms with Gasteiger partial charge in [-0.15, -0.1) is 10.2 Å². The highest BCUT2D eigenvalue weighted by molar-refractivity contribution is 5.99. The summed E-state index contributed by atoms with van der Waals surface area (Å²) in [6.07, 6.45) is 1.62. The Bertz CT molecular complexity index is 834. The Kier molecular flexibility index (Phi) is 5.70. The largest absolute Gasteiger partial charge is 0.383 e. The Labute approximate surface area is 157 Å². The van der Waals surface area contributed by atoms with Crippen molar-refractivity contribution in [2.45, 2.75) is 26.4 Å². The van der Waals surface area contributed by atoms with Gasteiger partial charge in [0.1, 0.15) is 6.33 Å². The van der Waals surface area contributed by atoms with Crippen molar-refractivity contribution >= 4 is 17.6 Å². The third-order valence-electron chi connectivity index (χ3n) is 4.54. The highest BCUT2D eigenvalue weighted by atomic mass is 16.5. The Balaban J connectivity index is 1.74. The van der Waals surface area contributed by atoms with Gasteiger partial charge in [0.25, 0.3) is 5.91 Å². The van der Waals surface area contributed by atoms with E-state index in [2.05, 4.69) is 20.8 Å². The molecular formula is C18H24N6O3. The number of amides is 3. The van der Waals surface area contributed by atoms with Gasteiger partial charge in [-0.1, -0.05) is 6.07 Å². The van der Waals surface area contributed by atoms with Gasteiger partial charge in [-0.05, 0) is 31.5 Å². The zero-order valence-electron chi connectivity index (χ0n) is 15.7. The molecule has 1 aliphatic rings. The first-order valence-corrected chi connectivity index (χ1v) is 8.84. The summed E-state index contributed by atoms with van der Waals surface area (Å²) in [5.74, 6) is 0.427. The summed E-state index contributed by atoms with van der Waals surface area (Å²) in [7, 11) is 1.63. The zero-order chi connectivity index (χ0) is 19.4. The summed E-state index contributed by atoms with van der Waals surface area (Å²) in [6.45, 7) is 6.10. The number of carbonyl (C=O) groups excluding carboxylic acids is 2. The number of anilines is 1. The monoisotopic (exact) mass is 372 g/mol. The fourth-order valence-electron chi connectivity index (χ4n) is 3.05. The molecule has 1 saturated heterocycles. The Hall–Kier alpha value is -2.94. The number of urea groups is 1. The molecule has 3 amide bonds. The van der Waals surface area contributed by atoms with Crippen LogP contribution in [0, 0.1) is 6.92 Å². The number of carbonyl (C=O) groups is 2. The maximum absolute atomic E-state index is 12.7. The molecule has 0 radical (unpaired) electrons. The number of aryl methyl sites for hydroxylation is 1. The molecular weight excluding hydrogens is 348 g/mol. The normalized spacial score (nSPS) is 14.9. The first kappa shape index (κ1) is 18.8.